The number of pyridine rings is 1. The molecule has 0 bridgehead atoms. The maximum Gasteiger partial charge on any atom is 0.336 e. The van der Waals surface area contributed by atoms with Crippen LogP contribution in [0.15, 0.2) is 47.4 Å². The Kier molecular flexibility index (Phi) is 2.55. The molecule has 1 heterocycles. The van der Waals surface area contributed by atoms with Crippen molar-refractivity contribution in [3.8, 4) is 11.1 Å². The van der Waals surface area contributed by atoms with Crippen LogP contribution in [0.25, 0.3) is 11.1 Å². The van der Waals surface area contributed by atoms with Crippen molar-refractivity contribution in [3.63, 3.8) is 0 Å². The lowest BCUT2D eigenvalue weighted by Gasteiger charge is -2.04. The van der Waals surface area contributed by atoms with E-state index in [0.717, 1.165) is 0 Å². The summed E-state index contributed by atoms with van der Waals surface area (Å²) in [6, 6.07) is 9.63. The van der Waals surface area contributed by atoms with E-state index in [0.29, 0.717) is 11.1 Å². The summed E-state index contributed by atoms with van der Waals surface area (Å²) in [6.45, 7) is 0. The summed E-state index contributed by atoms with van der Waals surface area (Å²) in [4.78, 5) is 24.6. The van der Waals surface area contributed by atoms with Gasteiger partial charge in [-0.15, -0.1) is 0 Å². The number of nitrogens with one attached hydrogen (secondary N) is 1. The summed E-state index contributed by atoms with van der Waals surface area (Å²) in [7, 11) is 0. The van der Waals surface area contributed by atoms with Gasteiger partial charge < -0.3 is 10.1 Å². The SMILES string of the molecule is O=C(O)c1ccccc1-c1cc[nH]c(=O)c1. The summed E-state index contributed by atoms with van der Waals surface area (Å²) in [5.74, 6) is -1.00. The third-order valence-electron chi connectivity index (χ3n) is 2.24. The van der Waals surface area contributed by atoms with Crippen molar-refractivity contribution in [1.29, 1.82) is 0 Å². The maximum atomic E-state index is 11.1. The van der Waals surface area contributed by atoms with E-state index in [1.54, 1.807) is 24.3 Å². The van der Waals surface area contributed by atoms with E-state index in [2.05, 4.69) is 4.98 Å². The first-order valence-corrected chi connectivity index (χ1v) is 4.70. The second-order valence-corrected chi connectivity index (χ2v) is 3.29. The highest BCUT2D eigenvalue weighted by Crippen LogP contribution is 2.21. The summed E-state index contributed by atoms with van der Waals surface area (Å²) >= 11 is 0. The zero-order chi connectivity index (χ0) is 11.5. The number of aromatic carboxylic acids is 1. The summed E-state index contributed by atoms with van der Waals surface area (Å²) < 4.78 is 0. The van der Waals surface area contributed by atoms with Crippen LogP contribution >= 0.6 is 0 Å². The Hall–Kier alpha value is -2.36. The summed E-state index contributed by atoms with van der Waals surface area (Å²) in [5.41, 5.74) is 1.08. The van der Waals surface area contributed by atoms with Gasteiger partial charge in [-0.25, -0.2) is 4.79 Å². The number of aromatic nitrogens is 1. The Labute approximate surface area is 91.2 Å². The molecule has 0 atom stereocenters. The van der Waals surface area contributed by atoms with Crippen LogP contribution in [0, 0.1) is 0 Å². The molecule has 0 saturated heterocycles. The first-order valence-electron chi connectivity index (χ1n) is 4.70. The first-order chi connectivity index (χ1) is 7.68. The molecule has 0 spiro atoms. The number of hydrogen-bond donors (Lipinski definition) is 2. The van der Waals surface area contributed by atoms with Crippen molar-refractivity contribution in [3.05, 3.63) is 58.5 Å². The standard InChI is InChI=1S/C12H9NO3/c14-11-7-8(5-6-13-11)9-3-1-2-4-10(9)12(15)16/h1-7H,(H,13,14)(H,15,16). The third kappa shape index (κ3) is 1.86. The van der Waals surface area contributed by atoms with Crippen molar-refractivity contribution >= 4 is 5.97 Å². The second kappa shape index (κ2) is 4.02. The number of H-pyrrole nitrogens is 1. The Bertz CT molecular complexity index is 587. The van der Waals surface area contributed by atoms with Crippen LogP contribution in [0.5, 0.6) is 0 Å². The molecule has 0 amide bonds. The van der Waals surface area contributed by atoms with Gasteiger partial charge in [0.2, 0.25) is 5.56 Å². The van der Waals surface area contributed by atoms with Gasteiger partial charge in [-0.05, 0) is 23.3 Å². The van der Waals surface area contributed by atoms with E-state index < -0.39 is 5.97 Å². The van der Waals surface area contributed by atoms with Gasteiger partial charge in [0.15, 0.2) is 0 Å². The van der Waals surface area contributed by atoms with Crippen molar-refractivity contribution in [2.24, 2.45) is 0 Å². The molecule has 0 fully saturated rings. The van der Waals surface area contributed by atoms with Gasteiger partial charge in [0.1, 0.15) is 0 Å². The molecule has 80 valence electrons. The predicted octanol–water partition coefficient (Wildman–Crippen LogP) is 1.74. The number of carbonyl (C=O) groups is 1. The maximum absolute atomic E-state index is 11.1. The Balaban J connectivity index is 2.64. The van der Waals surface area contributed by atoms with Gasteiger partial charge >= 0.3 is 5.97 Å². The molecule has 0 radical (unpaired) electrons. The number of hydrogen-bond acceptors (Lipinski definition) is 2. The summed E-state index contributed by atoms with van der Waals surface area (Å²) in [5, 5.41) is 9.01. The normalized spacial score (nSPS) is 10.0. The largest absolute Gasteiger partial charge is 0.478 e. The lowest BCUT2D eigenvalue weighted by molar-refractivity contribution is 0.0697. The number of carboxylic acids is 1. The number of benzene rings is 1. The van der Waals surface area contributed by atoms with E-state index in [1.165, 1.54) is 18.3 Å². The molecular weight excluding hydrogens is 206 g/mol. The van der Waals surface area contributed by atoms with Crippen LogP contribution in [-0.2, 0) is 0 Å². The fourth-order valence-electron chi connectivity index (χ4n) is 1.53. The highest BCUT2D eigenvalue weighted by molar-refractivity contribution is 5.95. The molecule has 0 aliphatic heterocycles. The fraction of sp³-hybridized carbons (Fsp3) is 0. The topological polar surface area (TPSA) is 70.2 Å². The minimum Gasteiger partial charge on any atom is -0.478 e. The minimum absolute atomic E-state index is 0.188. The number of aromatic amines is 1. The highest BCUT2D eigenvalue weighted by atomic mass is 16.4. The molecule has 0 aliphatic rings. The van der Waals surface area contributed by atoms with Gasteiger partial charge in [-0.2, -0.15) is 0 Å². The van der Waals surface area contributed by atoms with E-state index in [4.69, 9.17) is 5.11 Å². The molecule has 16 heavy (non-hydrogen) atoms. The monoisotopic (exact) mass is 215 g/mol. The molecule has 1 aromatic carbocycles. The van der Waals surface area contributed by atoms with Crippen LogP contribution in [0.4, 0.5) is 0 Å². The van der Waals surface area contributed by atoms with Crippen molar-refractivity contribution in [2.75, 3.05) is 0 Å². The van der Waals surface area contributed by atoms with E-state index in [9.17, 15) is 9.59 Å². The molecule has 2 rings (SSSR count). The second-order valence-electron chi connectivity index (χ2n) is 3.29. The molecule has 4 nitrogen and oxygen atoms in total. The lowest BCUT2D eigenvalue weighted by atomic mass is 10.0. The minimum atomic E-state index is -1.00. The molecular formula is C12H9NO3. The highest BCUT2D eigenvalue weighted by Gasteiger charge is 2.10. The first kappa shape index (κ1) is 10.2. The lowest BCUT2D eigenvalue weighted by Crippen LogP contribution is -2.04. The zero-order valence-corrected chi connectivity index (χ0v) is 8.31. The smallest absolute Gasteiger partial charge is 0.336 e. The van der Waals surface area contributed by atoms with E-state index in [-0.39, 0.29) is 11.1 Å². The van der Waals surface area contributed by atoms with E-state index >= 15 is 0 Å². The average Bonchev–Trinajstić information content (AvgIpc) is 2.29. The van der Waals surface area contributed by atoms with Crippen LogP contribution in [0.3, 0.4) is 0 Å². The van der Waals surface area contributed by atoms with Gasteiger partial charge in [-0.3, -0.25) is 4.79 Å². The molecule has 0 saturated carbocycles. The average molecular weight is 215 g/mol. The van der Waals surface area contributed by atoms with Crippen LogP contribution in [0.1, 0.15) is 10.4 Å². The van der Waals surface area contributed by atoms with Crippen molar-refractivity contribution in [2.45, 2.75) is 0 Å². The van der Waals surface area contributed by atoms with Crippen LogP contribution in [-0.4, -0.2) is 16.1 Å². The molecule has 2 aromatic rings. The Morgan fingerprint density at radius 3 is 2.62 bits per heavy atom. The van der Waals surface area contributed by atoms with Gasteiger partial charge in [0, 0.05) is 12.3 Å². The van der Waals surface area contributed by atoms with Crippen molar-refractivity contribution in [1.82, 2.24) is 4.98 Å². The Morgan fingerprint density at radius 2 is 1.94 bits per heavy atom. The molecule has 1 aromatic heterocycles. The molecule has 2 N–H and O–H groups in total. The predicted molar refractivity (Wildman–Crippen MR) is 59.5 cm³/mol. The third-order valence-corrected chi connectivity index (χ3v) is 2.24. The molecule has 0 aliphatic carbocycles. The quantitative estimate of drug-likeness (QED) is 0.801. The number of carboxylic acid groups (broad SMARTS) is 1. The van der Waals surface area contributed by atoms with Crippen LogP contribution in [0.2, 0.25) is 0 Å². The van der Waals surface area contributed by atoms with Gasteiger partial charge in [0.05, 0.1) is 5.56 Å². The van der Waals surface area contributed by atoms with E-state index in [1.807, 2.05) is 0 Å². The van der Waals surface area contributed by atoms with Gasteiger partial charge in [-0.1, -0.05) is 18.2 Å². The van der Waals surface area contributed by atoms with Crippen LogP contribution < -0.4 is 5.56 Å². The molecule has 4 heteroatoms. The van der Waals surface area contributed by atoms with Gasteiger partial charge in [0.25, 0.3) is 0 Å². The zero-order valence-electron chi connectivity index (χ0n) is 8.31. The summed E-state index contributed by atoms with van der Waals surface area (Å²) in [6.07, 6.45) is 1.50. The van der Waals surface area contributed by atoms with Crippen molar-refractivity contribution < 1.29 is 9.90 Å². The molecule has 0 unspecified atom stereocenters. The Morgan fingerprint density at radius 1 is 1.19 bits per heavy atom. The fourth-order valence-corrected chi connectivity index (χ4v) is 1.53. The number of rotatable bonds is 2.